The van der Waals surface area contributed by atoms with Gasteiger partial charge < -0.3 is 15.4 Å². The van der Waals surface area contributed by atoms with Crippen LogP contribution in [0.25, 0.3) is 0 Å². The number of halogens is 1. The van der Waals surface area contributed by atoms with Crippen molar-refractivity contribution in [1.82, 2.24) is 4.90 Å². The number of carbonyl (C=O) groups excluding carboxylic acids is 1. The van der Waals surface area contributed by atoms with Crippen molar-refractivity contribution in [3.05, 3.63) is 29.8 Å². The number of nitrogens with two attached hydrogens (primary N) is 1. The molecule has 0 spiro atoms. The summed E-state index contributed by atoms with van der Waals surface area (Å²) in [4.78, 5) is 14.2. The van der Waals surface area contributed by atoms with E-state index in [-0.39, 0.29) is 24.4 Å². The molecule has 0 radical (unpaired) electrons. The van der Waals surface area contributed by atoms with E-state index in [9.17, 15) is 4.79 Å². The van der Waals surface area contributed by atoms with E-state index in [1.165, 1.54) is 0 Å². The largest absolute Gasteiger partial charge is 0.494 e. The number of hydrogen-bond donors (Lipinski definition) is 1. The molecule has 0 saturated carbocycles. The number of hydrogen-bond acceptors (Lipinski definition) is 3. The fourth-order valence-electron chi connectivity index (χ4n) is 2.22. The molecule has 0 unspecified atom stereocenters. The second-order valence-corrected chi connectivity index (χ2v) is 5.01. The molecule has 0 bridgehead atoms. The zero-order valence-corrected chi connectivity index (χ0v) is 12.7. The van der Waals surface area contributed by atoms with Crippen LogP contribution < -0.4 is 10.5 Å². The lowest BCUT2D eigenvalue weighted by Gasteiger charge is -2.30. The number of nitrogens with zero attached hydrogens (tertiary/aromatic N) is 1. The normalized spacial score (nSPS) is 15.6. The first kappa shape index (κ1) is 16.8. The Balaban J connectivity index is 0.00000200. The third kappa shape index (κ3) is 4.39. The summed E-state index contributed by atoms with van der Waals surface area (Å²) in [6.45, 7) is 4.24. The molecule has 1 amide bonds. The van der Waals surface area contributed by atoms with Crippen molar-refractivity contribution >= 4 is 18.3 Å². The van der Waals surface area contributed by atoms with Crippen LogP contribution in [-0.4, -0.2) is 36.5 Å². The molecule has 20 heavy (non-hydrogen) atoms. The quantitative estimate of drug-likeness (QED) is 0.929. The van der Waals surface area contributed by atoms with Crippen LogP contribution in [0, 0.1) is 0 Å². The molecule has 5 heteroatoms. The van der Waals surface area contributed by atoms with Crippen LogP contribution in [-0.2, 0) is 0 Å². The number of piperidine rings is 1. The minimum Gasteiger partial charge on any atom is -0.494 e. The van der Waals surface area contributed by atoms with E-state index in [0.29, 0.717) is 12.2 Å². The van der Waals surface area contributed by atoms with Crippen LogP contribution in [0.2, 0.25) is 0 Å². The summed E-state index contributed by atoms with van der Waals surface area (Å²) in [5.41, 5.74) is 6.56. The Bertz CT molecular complexity index is 432. The maximum absolute atomic E-state index is 12.4. The highest BCUT2D eigenvalue weighted by Gasteiger charge is 2.21. The summed E-state index contributed by atoms with van der Waals surface area (Å²) in [6.07, 6.45) is 2.73. The second kappa shape index (κ2) is 8.12. The molecule has 0 aliphatic carbocycles. The number of carbonyl (C=O) groups is 1. The van der Waals surface area contributed by atoms with Gasteiger partial charge in [0.05, 0.1) is 6.61 Å². The van der Waals surface area contributed by atoms with E-state index in [0.717, 1.165) is 38.1 Å². The monoisotopic (exact) mass is 298 g/mol. The minimum absolute atomic E-state index is 0. The number of benzene rings is 1. The lowest BCUT2D eigenvalue weighted by molar-refractivity contribution is 0.0714. The van der Waals surface area contributed by atoms with Gasteiger partial charge in [0.1, 0.15) is 5.75 Å². The molecule has 1 aliphatic heterocycles. The van der Waals surface area contributed by atoms with Gasteiger partial charge in [0.15, 0.2) is 0 Å². The Morgan fingerprint density at radius 3 is 2.75 bits per heavy atom. The Morgan fingerprint density at radius 1 is 1.40 bits per heavy atom. The molecule has 2 N–H and O–H groups in total. The van der Waals surface area contributed by atoms with Gasteiger partial charge in [-0.05, 0) is 37.5 Å². The number of ether oxygens (including phenoxy) is 1. The van der Waals surface area contributed by atoms with Gasteiger partial charge >= 0.3 is 0 Å². The smallest absolute Gasteiger partial charge is 0.253 e. The second-order valence-electron chi connectivity index (χ2n) is 5.01. The van der Waals surface area contributed by atoms with Crippen molar-refractivity contribution < 1.29 is 9.53 Å². The van der Waals surface area contributed by atoms with Crippen molar-refractivity contribution in [2.75, 3.05) is 19.7 Å². The van der Waals surface area contributed by atoms with E-state index in [4.69, 9.17) is 10.5 Å². The van der Waals surface area contributed by atoms with Crippen molar-refractivity contribution in [2.24, 2.45) is 5.73 Å². The van der Waals surface area contributed by atoms with E-state index in [2.05, 4.69) is 6.92 Å². The lowest BCUT2D eigenvalue weighted by Crippen LogP contribution is -2.42. The average molecular weight is 299 g/mol. The maximum atomic E-state index is 12.4. The molecule has 4 nitrogen and oxygen atoms in total. The molecular formula is C15H23ClN2O2. The first-order valence-corrected chi connectivity index (χ1v) is 6.98. The zero-order valence-electron chi connectivity index (χ0n) is 11.9. The highest BCUT2D eigenvalue weighted by atomic mass is 35.5. The maximum Gasteiger partial charge on any atom is 0.253 e. The van der Waals surface area contributed by atoms with Gasteiger partial charge in [-0.2, -0.15) is 0 Å². The Labute approximate surface area is 126 Å². The topological polar surface area (TPSA) is 55.6 Å². The highest BCUT2D eigenvalue weighted by molar-refractivity contribution is 5.94. The Morgan fingerprint density at radius 2 is 2.10 bits per heavy atom. The number of rotatable bonds is 4. The van der Waals surface area contributed by atoms with Gasteiger partial charge in [-0.15, -0.1) is 12.4 Å². The minimum atomic E-state index is 0. The number of amides is 1. The zero-order chi connectivity index (χ0) is 13.7. The molecule has 0 aromatic heterocycles. The SMILES string of the molecule is CCCOc1cccc(C(=O)N2CCC(N)CC2)c1.Cl. The molecule has 1 fully saturated rings. The van der Waals surface area contributed by atoms with Gasteiger partial charge in [0.2, 0.25) is 0 Å². The summed E-state index contributed by atoms with van der Waals surface area (Å²) in [5, 5.41) is 0. The van der Waals surface area contributed by atoms with Crippen LogP contribution in [0.5, 0.6) is 5.75 Å². The molecule has 1 aromatic carbocycles. The van der Waals surface area contributed by atoms with Gasteiger partial charge in [-0.1, -0.05) is 13.0 Å². The van der Waals surface area contributed by atoms with Gasteiger partial charge in [-0.3, -0.25) is 4.79 Å². The lowest BCUT2D eigenvalue weighted by atomic mass is 10.0. The van der Waals surface area contributed by atoms with Crippen LogP contribution in [0.15, 0.2) is 24.3 Å². The van der Waals surface area contributed by atoms with Crippen LogP contribution in [0.1, 0.15) is 36.5 Å². The summed E-state index contributed by atoms with van der Waals surface area (Å²) in [5.74, 6) is 0.843. The third-order valence-corrected chi connectivity index (χ3v) is 3.38. The predicted octanol–water partition coefficient (Wildman–Crippen LogP) is 2.46. The van der Waals surface area contributed by atoms with Crippen LogP contribution in [0.3, 0.4) is 0 Å². The van der Waals surface area contributed by atoms with Crippen LogP contribution >= 0.6 is 12.4 Å². The highest BCUT2D eigenvalue weighted by Crippen LogP contribution is 2.17. The van der Waals surface area contributed by atoms with Gasteiger partial charge in [0, 0.05) is 24.7 Å². The molecule has 0 atom stereocenters. The van der Waals surface area contributed by atoms with E-state index >= 15 is 0 Å². The van der Waals surface area contributed by atoms with Crippen molar-refractivity contribution in [2.45, 2.75) is 32.2 Å². The molecular weight excluding hydrogens is 276 g/mol. The molecule has 1 saturated heterocycles. The Hall–Kier alpha value is -1.26. The van der Waals surface area contributed by atoms with E-state index in [1.807, 2.05) is 29.2 Å². The molecule has 1 aliphatic rings. The summed E-state index contributed by atoms with van der Waals surface area (Å²) < 4.78 is 5.56. The van der Waals surface area contributed by atoms with Gasteiger partial charge in [-0.25, -0.2) is 0 Å². The molecule has 2 rings (SSSR count). The van der Waals surface area contributed by atoms with E-state index in [1.54, 1.807) is 0 Å². The summed E-state index contributed by atoms with van der Waals surface area (Å²) >= 11 is 0. The van der Waals surface area contributed by atoms with Crippen molar-refractivity contribution in [1.29, 1.82) is 0 Å². The first-order valence-electron chi connectivity index (χ1n) is 6.98. The fourth-order valence-corrected chi connectivity index (χ4v) is 2.22. The summed E-state index contributed by atoms with van der Waals surface area (Å²) in [7, 11) is 0. The fraction of sp³-hybridized carbons (Fsp3) is 0.533. The predicted molar refractivity (Wildman–Crippen MR) is 82.6 cm³/mol. The van der Waals surface area contributed by atoms with E-state index < -0.39 is 0 Å². The third-order valence-electron chi connectivity index (χ3n) is 3.38. The standard InChI is InChI=1S/C15H22N2O2.ClH/c1-2-10-19-14-5-3-4-12(11-14)15(18)17-8-6-13(16)7-9-17;/h3-5,11,13H,2,6-10,16H2,1H3;1H. The van der Waals surface area contributed by atoms with Crippen molar-refractivity contribution in [3.8, 4) is 5.75 Å². The molecule has 1 heterocycles. The van der Waals surface area contributed by atoms with Crippen molar-refractivity contribution in [3.63, 3.8) is 0 Å². The summed E-state index contributed by atoms with van der Waals surface area (Å²) in [6, 6.07) is 7.66. The average Bonchev–Trinajstić information content (AvgIpc) is 2.45. The molecule has 112 valence electrons. The molecule has 1 aromatic rings. The number of likely N-dealkylation sites (tertiary alicyclic amines) is 1. The van der Waals surface area contributed by atoms with Gasteiger partial charge in [0.25, 0.3) is 5.91 Å². The Kier molecular flexibility index (Phi) is 6.82. The van der Waals surface area contributed by atoms with Crippen LogP contribution in [0.4, 0.5) is 0 Å². The first-order chi connectivity index (χ1) is 9.20.